The zero-order valence-electron chi connectivity index (χ0n) is 15.9. The Morgan fingerprint density at radius 2 is 2.04 bits per heavy atom. The number of aromatic nitrogens is 1. The summed E-state index contributed by atoms with van der Waals surface area (Å²) in [5.74, 6) is 0.867. The minimum absolute atomic E-state index is 0. The number of hydrogen-bond donors (Lipinski definition) is 1. The van der Waals surface area contributed by atoms with Crippen LogP contribution in [0.3, 0.4) is 0 Å². The van der Waals surface area contributed by atoms with E-state index in [-0.39, 0.29) is 49.2 Å². The largest absolute Gasteiger partial charge is 0.486 e. The number of ether oxygens (including phenoxy) is 1. The number of aryl methyl sites for hydroxylation is 1. The fourth-order valence-electron chi connectivity index (χ4n) is 3.26. The zero-order valence-corrected chi connectivity index (χ0v) is 18.3. The zero-order chi connectivity index (χ0) is 18.7. The van der Waals surface area contributed by atoms with Gasteiger partial charge in [0, 0.05) is 19.1 Å². The van der Waals surface area contributed by atoms with Crippen molar-refractivity contribution in [2.45, 2.75) is 39.3 Å². The van der Waals surface area contributed by atoms with Gasteiger partial charge < -0.3 is 15.4 Å². The van der Waals surface area contributed by atoms with Crippen LogP contribution in [0, 0.1) is 18.7 Å². The lowest BCUT2D eigenvalue weighted by Crippen LogP contribution is -2.49. The standard InChI is InChI=1S/C19H24FN3O2S.2ClH/c1-12-7-8-23(15(9-12)10-21)19(24)18-13(2)22-17(26-18)11-25-16-5-3-14(20)4-6-16;;/h3-6,12,15H,7-11,21H2,1-2H3;2*1H. The van der Waals surface area contributed by atoms with Crippen LogP contribution in [0.4, 0.5) is 4.39 Å². The smallest absolute Gasteiger partial charge is 0.266 e. The number of rotatable bonds is 5. The number of amides is 1. The average Bonchev–Trinajstić information content (AvgIpc) is 3.01. The molecule has 0 aliphatic carbocycles. The summed E-state index contributed by atoms with van der Waals surface area (Å²) in [6.07, 6.45) is 1.95. The van der Waals surface area contributed by atoms with Crippen LogP contribution in [0.15, 0.2) is 24.3 Å². The molecule has 1 aliphatic rings. The Hall–Kier alpha value is -1.41. The highest BCUT2D eigenvalue weighted by atomic mass is 35.5. The third-order valence-electron chi connectivity index (χ3n) is 4.72. The summed E-state index contributed by atoms with van der Waals surface area (Å²) >= 11 is 1.35. The minimum atomic E-state index is -0.305. The van der Waals surface area contributed by atoms with Crippen LogP contribution < -0.4 is 10.5 Å². The number of carbonyl (C=O) groups is 1. The number of thiazole rings is 1. The maximum Gasteiger partial charge on any atom is 0.266 e. The van der Waals surface area contributed by atoms with Gasteiger partial charge in [0.25, 0.3) is 5.91 Å². The Kier molecular flexibility index (Phi) is 9.63. The van der Waals surface area contributed by atoms with Gasteiger partial charge in [0.1, 0.15) is 28.1 Å². The molecule has 2 atom stereocenters. The van der Waals surface area contributed by atoms with Crippen LogP contribution >= 0.6 is 36.2 Å². The molecule has 156 valence electrons. The second-order valence-electron chi connectivity index (χ2n) is 6.78. The molecule has 3 rings (SSSR count). The third-order valence-corrected chi connectivity index (χ3v) is 5.84. The van der Waals surface area contributed by atoms with Crippen LogP contribution in [0.25, 0.3) is 0 Å². The molecular formula is C19H26Cl2FN3O2S. The summed E-state index contributed by atoms with van der Waals surface area (Å²) in [7, 11) is 0. The molecule has 0 spiro atoms. The van der Waals surface area contributed by atoms with E-state index in [1.165, 1.54) is 23.5 Å². The van der Waals surface area contributed by atoms with Crippen molar-refractivity contribution < 1.29 is 13.9 Å². The molecule has 9 heteroatoms. The first-order valence-corrected chi connectivity index (χ1v) is 9.65. The number of halogens is 3. The molecule has 2 heterocycles. The normalized spacial score (nSPS) is 18.8. The Morgan fingerprint density at radius 1 is 1.36 bits per heavy atom. The number of likely N-dealkylation sites (tertiary alicyclic amines) is 1. The number of carbonyl (C=O) groups excluding carboxylic acids is 1. The van der Waals surface area contributed by atoms with Gasteiger partial charge in [0.05, 0.1) is 5.69 Å². The molecule has 28 heavy (non-hydrogen) atoms. The lowest BCUT2D eigenvalue weighted by molar-refractivity contribution is 0.0577. The highest BCUT2D eigenvalue weighted by Crippen LogP contribution is 2.27. The predicted molar refractivity (Wildman–Crippen MR) is 114 cm³/mol. The van der Waals surface area contributed by atoms with Crippen molar-refractivity contribution in [2.75, 3.05) is 13.1 Å². The van der Waals surface area contributed by atoms with Crippen molar-refractivity contribution in [1.82, 2.24) is 9.88 Å². The van der Waals surface area contributed by atoms with Crippen molar-refractivity contribution in [3.8, 4) is 5.75 Å². The van der Waals surface area contributed by atoms with Crippen molar-refractivity contribution in [3.63, 3.8) is 0 Å². The second-order valence-corrected chi connectivity index (χ2v) is 7.87. The van der Waals surface area contributed by atoms with Gasteiger partial charge in [-0.25, -0.2) is 9.37 Å². The summed E-state index contributed by atoms with van der Waals surface area (Å²) in [4.78, 5) is 20.0. The first-order valence-electron chi connectivity index (χ1n) is 8.83. The van der Waals surface area contributed by atoms with Crippen LogP contribution in [0.2, 0.25) is 0 Å². The van der Waals surface area contributed by atoms with Crippen LogP contribution in [-0.2, 0) is 6.61 Å². The monoisotopic (exact) mass is 449 g/mol. The quantitative estimate of drug-likeness (QED) is 0.741. The molecule has 2 aromatic rings. The maximum atomic E-state index is 13.0. The molecule has 2 N–H and O–H groups in total. The minimum Gasteiger partial charge on any atom is -0.486 e. The highest BCUT2D eigenvalue weighted by molar-refractivity contribution is 7.13. The van der Waals surface area contributed by atoms with Crippen molar-refractivity contribution in [1.29, 1.82) is 0 Å². The van der Waals surface area contributed by atoms with Crippen LogP contribution in [0.5, 0.6) is 5.75 Å². The van der Waals surface area contributed by atoms with E-state index in [0.29, 0.717) is 28.8 Å². The fourth-order valence-corrected chi connectivity index (χ4v) is 4.20. The number of hydrogen-bond acceptors (Lipinski definition) is 5. The molecular weight excluding hydrogens is 424 g/mol. The number of nitrogens with two attached hydrogens (primary N) is 1. The van der Waals surface area contributed by atoms with Gasteiger partial charge in [-0.2, -0.15) is 0 Å². The lowest BCUT2D eigenvalue weighted by Gasteiger charge is -2.37. The van der Waals surface area contributed by atoms with Crippen molar-refractivity contribution >= 4 is 42.1 Å². The summed E-state index contributed by atoms with van der Waals surface area (Å²) < 4.78 is 18.6. The van der Waals surface area contributed by atoms with E-state index in [2.05, 4.69) is 11.9 Å². The molecule has 0 radical (unpaired) electrons. The molecule has 1 saturated heterocycles. The molecule has 1 aromatic carbocycles. The van der Waals surface area contributed by atoms with E-state index in [9.17, 15) is 9.18 Å². The molecule has 1 aromatic heterocycles. The molecule has 2 unspecified atom stereocenters. The fraction of sp³-hybridized carbons (Fsp3) is 0.474. The van der Waals surface area contributed by atoms with Gasteiger partial charge in [-0.1, -0.05) is 6.92 Å². The number of benzene rings is 1. The molecule has 1 amide bonds. The SMILES string of the molecule is Cc1nc(COc2ccc(F)cc2)sc1C(=O)N1CCC(C)CC1CN.Cl.Cl. The molecule has 1 aliphatic heterocycles. The number of nitrogens with zero attached hydrogens (tertiary/aromatic N) is 2. The van der Waals surface area contributed by atoms with E-state index in [0.717, 1.165) is 24.4 Å². The summed E-state index contributed by atoms with van der Waals surface area (Å²) in [6, 6.07) is 5.93. The first kappa shape index (κ1) is 24.6. The molecule has 1 fully saturated rings. The Bertz CT molecular complexity index is 773. The second kappa shape index (κ2) is 11.0. The van der Waals surface area contributed by atoms with Crippen molar-refractivity contribution in [3.05, 3.63) is 45.7 Å². The summed E-state index contributed by atoms with van der Waals surface area (Å²) in [6.45, 7) is 5.51. The van der Waals surface area contributed by atoms with E-state index in [1.54, 1.807) is 12.1 Å². The number of piperidine rings is 1. The van der Waals surface area contributed by atoms with Gasteiger partial charge in [-0.3, -0.25) is 4.79 Å². The Balaban J connectivity index is 0.00000196. The molecule has 0 saturated carbocycles. The highest BCUT2D eigenvalue weighted by Gasteiger charge is 2.31. The first-order chi connectivity index (χ1) is 12.5. The van der Waals surface area contributed by atoms with E-state index in [4.69, 9.17) is 10.5 Å². The topological polar surface area (TPSA) is 68.5 Å². The van der Waals surface area contributed by atoms with Gasteiger partial charge in [0.15, 0.2) is 0 Å². The average molecular weight is 450 g/mol. The predicted octanol–water partition coefficient (Wildman–Crippen LogP) is 4.21. The van der Waals surface area contributed by atoms with E-state index < -0.39 is 0 Å². The van der Waals surface area contributed by atoms with E-state index >= 15 is 0 Å². The Labute approximate surface area is 181 Å². The summed E-state index contributed by atoms with van der Waals surface area (Å²) in [5, 5.41) is 0.727. The van der Waals surface area contributed by atoms with Crippen LogP contribution in [0.1, 0.15) is 40.1 Å². The lowest BCUT2D eigenvalue weighted by atomic mass is 9.92. The maximum absolute atomic E-state index is 13.0. The van der Waals surface area contributed by atoms with Gasteiger partial charge in [-0.05, 0) is 49.9 Å². The summed E-state index contributed by atoms with van der Waals surface area (Å²) in [5.41, 5.74) is 6.60. The van der Waals surface area contributed by atoms with Gasteiger partial charge >= 0.3 is 0 Å². The van der Waals surface area contributed by atoms with Gasteiger partial charge in [0.2, 0.25) is 0 Å². The van der Waals surface area contributed by atoms with Crippen LogP contribution in [-0.4, -0.2) is 34.9 Å². The molecule has 5 nitrogen and oxygen atoms in total. The van der Waals surface area contributed by atoms with E-state index in [1.807, 2.05) is 11.8 Å². The van der Waals surface area contributed by atoms with Gasteiger partial charge in [-0.15, -0.1) is 36.2 Å². The van der Waals surface area contributed by atoms with Crippen molar-refractivity contribution in [2.24, 2.45) is 11.7 Å². The third kappa shape index (κ3) is 5.80. The Morgan fingerprint density at radius 3 is 2.68 bits per heavy atom. The molecule has 0 bridgehead atoms.